The van der Waals surface area contributed by atoms with Gasteiger partial charge in [0, 0.05) is 32.7 Å². The number of amides is 1. The maximum atomic E-state index is 11.9. The van der Waals surface area contributed by atoms with Crippen LogP contribution < -0.4 is 0 Å². The van der Waals surface area contributed by atoms with Crippen LogP contribution in [0.25, 0.3) is 0 Å². The van der Waals surface area contributed by atoms with Gasteiger partial charge in [-0.1, -0.05) is 0 Å². The molecule has 0 bridgehead atoms. The van der Waals surface area contributed by atoms with Crippen molar-refractivity contribution in [3.63, 3.8) is 0 Å². The molecule has 6 heteroatoms. The number of ether oxygens (including phenoxy) is 2. The van der Waals surface area contributed by atoms with E-state index in [0.29, 0.717) is 25.6 Å². The van der Waals surface area contributed by atoms with Crippen molar-refractivity contribution in [2.24, 2.45) is 5.92 Å². The standard InChI is InChI=1S/C16H29NO5/c1-16(2,3)22-15(20)17-9-6-13(7-10-17)8-12-21-11-4-5-14(18)19/h13H,4-12H2,1-3H3,(H,18,19). The van der Waals surface area contributed by atoms with Gasteiger partial charge >= 0.3 is 12.1 Å². The van der Waals surface area contributed by atoms with Gasteiger partial charge < -0.3 is 19.5 Å². The zero-order chi connectivity index (χ0) is 16.6. The fraction of sp³-hybridized carbons (Fsp3) is 0.875. The van der Waals surface area contributed by atoms with E-state index in [9.17, 15) is 9.59 Å². The molecule has 22 heavy (non-hydrogen) atoms. The highest BCUT2D eigenvalue weighted by molar-refractivity contribution is 5.68. The summed E-state index contributed by atoms with van der Waals surface area (Å²) in [4.78, 5) is 24.1. The van der Waals surface area contributed by atoms with Crippen LogP contribution in [0.3, 0.4) is 0 Å². The normalized spacial score (nSPS) is 16.6. The molecule has 128 valence electrons. The molecule has 0 saturated carbocycles. The van der Waals surface area contributed by atoms with Crippen LogP contribution in [0.1, 0.15) is 52.9 Å². The molecule has 1 N–H and O–H groups in total. The van der Waals surface area contributed by atoms with E-state index in [0.717, 1.165) is 32.4 Å². The van der Waals surface area contributed by atoms with Crippen LogP contribution >= 0.6 is 0 Å². The number of carboxylic acid groups (broad SMARTS) is 1. The number of rotatable bonds is 7. The third-order valence-corrected chi connectivity index (χ3v) is 3.62. The fourth-order valence-electron chi connectivity index (χ4n) is 2.41. The lowest BCUT2D eigenvalue weighted by Gasteiger charge is -2.33. The monoisotopic (exact) mass is 315 g/mol. The van der Waals surface area contributed by atoms with Crippen LogP contribution in [0.2, 0.25) is 0 Å². The average molecular weight is 315 g/mol. The summed E-state index contributed by atoms with van der Waals surface area (Å²) in [5, 5.41) is 8.52. The Bertz CT molecular complexity index is 356. The SMILES string of the molecule is CC(C)(C)OC(=O)N1CCC(CCOCCCC(=O)O)CC1. The van der Waals surface area contributed by atoms with Crippen LogP contribution in [0, 0.1) is 5.92 Å². The predicted molar refractivity (Wildman–Crippen MR) is 82.8 cm³/mol. The van der Waals surface area contributed by atoms with Gasteiger partial charge in [0.1, 0.15) is 5.60 Å². The smallest absolute Gasteiger partial charge is 0.410 e. The maximum absolute atomic E-state index is 11.9. The molecule has 1 rings (SSSR count). The lowest BCUT2D eigenvalue weighted by Crippen LogP contribution is -2.41. The number of carbonyl (C=O) groups is 2. The minimum absolute atomic E-state index is 0.161. The van der Waals surface area contributed by atoms with Gasteiger partial charge in [0.05, 0.1) is 0 Å². The second-order valence-corrected chi connectivity index (χ2v) is 6.81. The summed E-state index contributed by atoms with van der Waals surface area (Å²) in [7, 11) is 0. The van der Waals surface area contributed by atoms with Crippen molar-refractivity contribution in [2.45, 2.75) is 58.5 Å². The Balaban J connectivity index is 2.10. The van der Waals surface area contributed by atoms with E-state index in [1.165, 1.54) is 0 Å². The molecule has 1 aliphatic rings. The number of nitrogens with zero attached hydrogens (tertiary/aromatic N) is 1. The number of carboxylic acids is 1. The Morgan fingerprint density at radius 3 is 2.36 bits per heavy atom. The minimum atomic E-state index is -0.780. The molecule has 0 radical (unpaired) electrons. The molecule has 1 amide bonds. The van der Waals surface area contributed by atoms with Crippen molar-refractivity contribution in [1.29, 1.82) is 0 Å². The second kappa shape index (κ2) is 8.98. The highest BCUT2D eigenvalue weighted by Crippen LogP contribution is 2.22. The highest BCUT2D eigenvalue weighted by Gasteiger charge is 2.26. The molecule has 6 nitrogen and oxygen atoms in total. The maximum Gasteiger partial charge on any atom is 0.410 e. The van der Waals surface area contributed by atoms with Crippen LogP contribution in [-0.2, 0) is 14.3 Å². The fourth-order valence-corrected chi connectivity index (χ4v) is 2.41. The average Bonchev–Trinajstić information content (AvgIpc) is 2.41. The third-order valence-electron chi connectivity index (χ3n) is 3.62. The number of aliphatic carboxylic acids is 1. The lowest BCUT2D eigenvalue weighted by molar-refractivity contribution is -0.137. The van der Waals surface area contributed by atoms with Crippen molar-refractivity contribution >= 4 is 12.1 Å². The van der Waals surface area contributed by atoms with Crippen LogP contribution in [0.15, 0.2) is 0 Å². The second-order valence-electron chi connectivity index (χ2n) is 6.81. The zero-order valence-electron chi connectivity index (χ0n) is 14.0. The summed E-state index contributed by atoms with van der Waals surface area (Å²) in [5.74, 6) is -0.212. The van der Waals surface area contributed by atoms with Gasteiger partial charge in [-0.3, -0.25) is 4.79 Å². The molecular weight excluding hydrogens is 286 g/mol. The largest absolute Gasteiger partial charge is 0.481 e. The molecule has 0 aromatic heterocycles. The highest BCUT2D eigenvalue weighted by atomic mass is 16.6. The molecule has 0 aromatic rings. The van der Waals surface area contributed by atoms with Crippen molar-refractivity contribution in [3.05, 3.63) is 0 Å². The Morgan fingerprint density at radius 2 is 1.82 bits per heavy atom. The topological polar surface area (TPSA) is 76.1 Å². The van der Waals surface area contributed by atoms with Crippen LogP contribution in [0.4, 0.5) is 4.79 Å². The molecule has 1 saturated heterocycles. The van der Waals surface area contributed by atoms with E-state index >= 15 is 0 Å². The van der Waals surface area contributed by atoms with Gasteiger partial charge in [-0.2, -0.15) is 0 Å². The van der Waals surface area contributed by atoms with Gasteiger partial charge in [-0.25, -0.2) is 4.79 Å². The number of likely N-dealkylation sites (tertiary alicyclic amines) is 1. The Labute approximate surface area is 132 Å². The summed E-state index contributed by atoms with van der Waals surface area (Å²) in [6.07, 6.45) is 3.40. The Hall–Kier alpha value is -1.30. The van der Waals surface area contributed by atoms with Gasteiger partial charge in [0.2, 0.25) is 0 Å². The van der Waals surface area contributed by atoms with Gasteiger partial charge in [0.25, 0.3) is 0 Å². The number of carbonyl (C=O) groups excluding carboxylic acids is 1. The van der Waals surface area contributed by atoms with Crippen LogP contribution in [0.5, 0.6) is 0 Å². The summed E-state index contributed by atoms with van der Waals surface area (Å²) < 4.78 is 10.8. The number of piperidine rings is 1. The summed E-state index contributed by atoms with van der Waals surface area (Å²) in [5.41, 5.74) is -0.447. The van der Waals surface area contributed by atoms with Gasteiger partial charge in [0.15, 0.2) is 0 Å². The Morgan fingerprint density at radius 1 is 1.18 bits per heavy atom. The number of hydrogen-bond donors (Lipinski definition) is 1. The van der Waals surface area contributed by atoms with E-state index in [-0.39, 0.29) is 12.5 Å². The van der Waals surface area contributed by atoms with E-state index in [1.807, 2.05) is 20.8 Å². The van der Waals surface area contributed by atoms with E-state index < -0.39 is 11.6 Å². The first-order valence-corrected chi connectivity index (χ1v) is 8.05. The molecule has 1 aliphatic heterocycles. The van der Waals surface area contributed by atoms with E-state index in [4.69, 9.17) is 14.6 Å². The van der Waals surface area contributed by atoms with Gasteiger partial charge in [-0.15, -0.1) is 0 Å². The first-order valence-electron chi connectivity index (χ1n) is 8.05. The van der Waals surface area contributed by atoms with Crippen LogP contribution in [-0.4, -0.2) is 54.0 Å². The summed E-state index contributed by atoms with van der Waals surface area (Å²) >= 11 is 0. The first kappa shape index (κ1) is 18.7. The Kier molecular flexibility index (Phi) is 7.65. The molecule has 0 unspecified atom stereocenters. The lowest BCUT2D eigenvalue weighted by atomic mass is 9.94. The quantitative estimate of drug-likeness (QED) is 0.731. The van der Waals surface area contributed by atoms with Gasteiger partial charge in [-0.05, 0) is 52.4 Å². The zero-order valence-corrected chi connectivity index (χ0v) is 14.0. The molecule has 0 atom stereocenters. The van der Waals surface area contributed by atoms with E-state index in [1.54, 1.807) is 4.90 Å². The van der Waals surface area contributed by atoms with Crippen molar-refractivity contribution in [3.8, 4) is 0 Å². The summed E-state index contributed by atoms with van der Waals surface area (Å²) in [6.45, 7) is 8.26. The molecular formula is C16H29NO5. The summed E-state index contributed by atoms with van der Waals surface area (Å²) in [6, 6.07) is 0. The predicted octanol–water partition coefficient (Wildman–Crippen LogP) is 2.91. The molecule has 0 aliphatic carbocycles. The van der Waals surface area contributed by atoms with Crippen molar-refractivity contribution in [1.82, 2.24) is 4.90 Å². The molecule has 1 heterocycles. The molecule has 1 fully saturated rings. The number of hydrogen-bond acceptors (Lipinski definition) is 4. The molecule has 0 aromatic carbocycles. The van der Waals surface area contributed by atoms with Crippen molar-refractivity contribution < 1.29 is 24.2 Å². The van der Waals surface area contributed by atoms with Crippen molar-refractivity contribution in [2.75, 3.05) is 26.3 Å². The van der Waals surface area contributed by atoms with E-state index in [2.05, 4.69) is 0 Å². The first-order chi connectivity index (χ1) is 10.3. The minimum Gasteiger partial charge on any atom is -0.481 e. The third kappa shape index (κ3) is 8.22. The molecule has 0 spiro atoms.